The number of unbranched alkanes of at least 4 members (excludes halogenated alkanes) is 1. The van der Waals surface area contributed by atoms with Gasteiger partial charge in [-0.05, 0) is 64.4 Å². The van der Waals surface area contributed by atoms with Crippen molar-refractivity contribution in [2.24, 2.45) is 10.9 Å². The summed E-state index contributed by atoms with van der Waals surface area (Å²) in [5.41, 5.74) is 1.11. The lowest BCUT2D eigenvalue weighted by Gasteiger charge is -2.28. The fourth-order valence-electron chi connectivity index (χ4n) is 3.40. The standard InChI is InChI=1S/C20H34N4O.HI/c1-4-21-20(23-18-12-10-16(2)11-13-18)22-14-5-6-15-24-17(3)8-7-9-19(24)25;/h7-9,16,18H,4-6,10-15H2,1-3H3,(H2,21,22,23);1H. The van der Waals surface area contributed by atoms with E-state index in [2.05, 4.69) is 24.5 Å². The van der Waals surface area contributed by atoms with Crippen LogP contribution in [-0.2, 0) is 6.54 Å². The molecule has 2 N–H and O–H groups in total. The molecule has 0 unspecified atom stereocenters. The Bertz CT molecular complexity index is 606. The Morgan fingerprint density at radius 3 is 2.62 bits per heavy atom. The summed E-state index contributed by atoms with van der Waals surface area (Å²) in [7, 11) is 0. The van der Waals surface area contributed by atoms with Crippen molar-refractivity contribution in [3.63, 3.8) is 0 Å². The quantitative estimate of drug-likeness (QED) is 0.274. The molecule has 0 amide bonds. The smallest absolute Gasteiger partial charge is 0.250 e. The van der Waals surface area contributed by atoms with Crippen molar-refractivity contribution in [2.75, 3.05) is 13.1 Å². The molecule has 1 saturated carbocycles. The van der Waals surface area contributed by atoms with Gasteiger partial charge in [0.05, 0.1) is 0 Å². The van der Waals surface area contributed by atoms with E-state index in [1.807, 2.05) is 23.6 Å². The lowest BCUT2D eigenvalue weighted by Crippen LogP contribution is -2.44. The largest absolute Gasteiger partial charge is 0.357 e. The Kier molecular flexibility index (Phi) is 10.9. The number of aryl methyl sites for hydroxylation is 1. The first-order valence-corrected chi connectivity index (χ1v) is 9.81. The Morgan fingerprint density at radius 1 is 1.23 bits per heavy atom. The van der Waals surface area contributed by atoms with Gasteiger partial charge in [-0.25, -0.2) is 0 Å². The third-order valence-electron chi connectivity index (χ3n) is 5.03. The summed E-state index contributed by atoms with van der Waals surface area (Å²) in [6, 6.07) is 5.99. The second kappa shape index (κ2) is 12.4. The van der Waals surface area contributed by atoms with Crippen LogP contribution in [0.4, 0.5) is 0 Å². The highest BCUT2D eigenvalue weighted by atomic mass is 127. The lowest BCUT2D eigenvalue weighted by molar-refractivity contribution is 0.329. The third kappa shape index (κ3) is 7.68. The fraction of sp³-hybridized carbons (Fsp3) is 0.700. The van der Waals surface area contributed by atoms with Crippen LogP contribution in [0.3, 0.4) is 0 Å². The molecular formula is C20H35IN4O. The van der Waals surface area contributed by atoms with E-state index in [-0.39, 0.29) is 29.5 Å². The topological polar surface area (TPSA) is 58.4 Å². The molecule has 0 aliphatic heterocycles. The molecule has 0 saturated heterocycles. The zero-order valence-corrected chi connectivity index (χ0v) is 18.8. The molecule has 0 spiro atoms. The van der Waals surface area contributed by atoms with Gasteiger partial charge in [-0.15, -0.1) is 24.0 Å². The molecule has 2 rings (SSSR count). The molecule has 0 radical (unpaired) electrons. The van der Waals surface area contributed by atoms with Crippen LogP contribution >= 0.6 is 24.0 Å². The van der Waals surface area contributed by atoms with E-state index in [0.717, 1.165) is 50.0 Å². The Morgan fingerprint density at radius 2 is 1.96 bits per heavy atom. The molecule has 1 aromatic heterocycles. The van der Waals surface area contributed by atoms with Crippen LogP contribution in [0.25, 0.3) is 0 Å². The maximum Gasteiger partial charge on any atom is 0.250 e. The number of guanidine groups is 1. The van der Waals surface area contributed by atoms with Crippen molar-refractivity contribution in [1.29, 1.82) is 0 Å². The van der Waals surface area contributed by atoms with Crippen LogP contribution in [0.5, 0.6) is 0 Å². The summed E-state index contributed by atoms with van der Waals surface area (Å²) in [5.74, 6) is 1.80. The van der Waals surface area contributed by atoms with E-state index in [4.69, 9.17) is 4.99 Å². The molecule has 6 heteroatoms. The van der Waals surface area contributed by atoms with Gasteiger partial charge in [0, 0.05) is 37.4 Å². The summed E-state index contributed by atoms with van der Waals surface area (Å²) >= 11 is 0. The number of pyridine rings is 1. The van der Waals surface area contributed by atoms with Gasteiger partial charge >= 0.3 is 0 Å². The van der Waals surface area contributed by atoms with E-state index < -0.39 is 0 Å². The third-order valence-corrected chi connectivity index (χ3v) is 5.03. The van der Waals surface area contributed by atoms with Crippen molar-refractivity contribution in [2.45, 2.75) is 71.9 Å². The second-order valence-corrected chi connectivity index (χ2v) is 7.23. The average molecular weight is 474 g/mol. The summed E-state index contributed by atoms with van der Waals surface area (Å²) in [6.45, 7) is 8.87. The first-order valence-electron chi connectivity index (χ1n) is 9.81. The van der Waals surface area contributed by atoms with Crippen LogP contribution in [0.15, 0.2) is 28.0 Å². The zero-order chi connectivity index (χ0) is 18.1. The van der Waals surface area contributed by atoms with E-state index in [1.165, 1.54) is 25.7 Å². The highest BCUT2D eigenvalue weighted by Gasteiger charge is 2.18. The first kappa shape index (κ1) is 23.0. The normalized spacial score (nSPS) is 20.3. The fourth-order valence-corrected chi connectivity index (χ4v) is 3.40. The molecule has 1 aromatic rings. The van der Waals surface area contributed by atoms with Gasteiger partial charge in [-0.3, -0.25) is 9.79 Å². The van der Waals surface area contributed by atoms with Gasteiger partial charge in [0.25, 0.3) is 5.56 Å². The molecule has 1 aliphatic rings. The first-order chi connectivity index (χ1) is 12.1. The number of hydrogen-bond donors (Lipinski definition) is 2. The van der Waals surface area contributed by atoms with Crippen molar-refractivity contribution in [3.05, 3.63) is 34.2 Å². The van der Waals surface area contributed by atoms with Gasteiger partial charge in [-0.2, -0.15) is 0 Å². The average Bonchev–Trinajstić information content (AvgIpc) is 2.59. The Labute approximate surface area is 175 Å². The summed E-state index contributed by atoms with van der Waals surface area (Å²) in [5, 5.41) is 6.94. The van der Waals surface area contributed by atoms with Crippen LogP contribution in [0, 0.1) is 12.8 Å². The van der Waals surface area contributed by atoms with E-state index in [0.29, 0.717) is 6.04 Å². The summed E-state index contributed by atoms with van der Waals surface area (Å²) < 4.78 is 1.84. The van der Waals surface area contributed by atoms with Crippen LogP contribution < -0.4 is 16.2 Å². The molecule has 0 atom stereocenters. The van der Waals surface area contributed by atoms with Crippen molar-refractivity contribution < 1.29 is 0 Å². The minimum absolute atomic E-state index is 0. The summed E-state index contributed by atoms with van der Waals surface area (Å²) in [6.07, 6.45) is 7.04. The van der Waals surface area contributed by atoms with Gasteiger partial charge < -0.3 is 15.2 Å². The second-order valence-electron chi connectivity index (χ2n) is 7.23. The molecular weight excluding hydrogens is 439 g/mol. The van der Waals surface area contributed by atoms with Crippen molar-refractivity contribution in [1.82, 2.24) is 15.2 Å². The van der Waals surface area contributed by atoms with Crippen LogP contribution in [0.1, 0.15) is 58.1 Å². The Balaban J connectivity index is 0.00000338. The molecule has 0 bridgehead atoms. The predicted octanol–water partition coefficient (Wildman–Crippen LogP) is 3.69. The highest BCUT2D eigenvalue weighted by molar-refractivity contribution is 14.0. The van der Waals surface area contributed by atoms with Crippen molar-refractivity contribution in [3.8, 4) is 0 Å². The summed E-state index contributed by atoms with van der Waals surface area (Å²) in [4.78, 5) is 16.6. The minimum atomic E-state index is 0. The zero-order valence-electron chi connectivity index (χ0n) is 16.5. The van der Waals surface area contributed by atoms with E-state index in [1.54, 1.807) is 6.07 Å². The number of nitrogens with zero attached hydrogens (tertiary/aromatic N) is 2. The molecule has 1 aliphatic carbocycles. The molecule has 5 nitrogen and oxygen atoms in total. The van der Waals surface area contributed by atoms with Crippen LogP contribution in [0.2, 0.25) is 0 Å². The van der Waals surface area contributed by atoms with Crippen molar-refractivity contribution >= 4 is 29.9 Å². The highest BCUT2D eigenvalue weighted by Crippen LogP contribution is 2.23. The molecule has 1 heterocycles. The van der Waals surface area contributed by atoms with Gasteiger partial charge in [-0.1, -0.05) is 13.0 Å². The lowest BCUT2D eigenvalue weighted by atomic mass is 9.87. The maximum atomic E-state index is 11.9. The SMILES string of the molecule is CCNC(=NCCCCn1c(C)cccc1=O)NC1CCC(C)CC1.I. The Hall–Kier alpha value is -1.05. The number of nitrogens with one attached hydrogen (secondary N) is 2. The number of aliphatic imine (C=N–C) groups is 1. The molecule has 1 fully saturated rings. The number of aromatic nitrogens is 1. The van der Waals surface area contributed by atoms with Gasteiger partial charge in [0.1, 0.15) is 0 Å². The van der Waals surface area contributed by atoms with E-state index in [9.17, 15) is 4.79 Å². The van der Waals surface area contributed by atoms with Gasteiger partial charge in [0.15, 0.2) is 5.96 Å². The maximum absolute atomic E-state index is 11.9. The molecule has 148 valence electrons. The predicted molar refractivity (Wildman–Crippen MR) is 121 cm³/mol. The molecule has 0 aromatic carbocycles. The minimum Gasteiger partial charge on any atom is -0.357 e. The van der Waals surface area contributed by atoms with E-state index >= 15 is 0 Å². The van der Waals surface area contributed by atoms with Crippen LogP contribution in [-0.4, -0.2) is 29.7 Å². The molecule has 26 heavy (non-hydrogen) atoms. The number of halogens is 1. The number of rotatable bonds is 7. The van der Waals surface area contributed by atoms with Gasteiger partial charge in [0.2, 0.25) is 0 Å². The number of hydrogen-bond acceptors (Lipinski definition) is 2. The monoisotopic (exact) mass is 474 g/mol.